The summed E-state index contributed by atoms with van der Waals surface area (Å²) in [5.74, 6) is -0.755. The van der Waals surface area contributed by atoms with Crippen molar-refractivity contribution in [2.45, 2.75) is 6.18 Å². The summed E-state index contributed by atoms with van der Waals surface area (Å²) < 4.78 is 38.7. The number of hydrogen-bond acceptors (Lipinski definition) is 4. The average molecular weight is 351 g/mol. The Kier molecular flexibility index (Phi) is 4.00. The SMILES string of the molecule is N#Cc1cn(-c2c(Cl)cc(C(F)(F)F)cc2Cl)nc1[N+](=O)[O-]. The van der Waals surface area contributed by atoms with Crippen molar-refractivity contribution in [3.05, 3.63) is 49.6 Å². The highest BCUT2D eigenvalue weighted by atomic mass is 35.5. The molecule has 0 amide bonds. The van der Waals surface area contributed by atoms with Crippen LogP contribution in [0.2, 0.25) is 10.0 Å². The van der Waals surface area contributed by atoms with Crippen LogP contribution in [-0.4, -0.2) is 14.7 Å². The molecule has 2 rings (SSSR count). The standard InChI is InChI=1S/C11H3Cl2F3N4O2/c12-7-1-6(11(14,15)16)2-8(13)9(7)19-4-5(3-17)10(18-19)20(21)22/h1-2,4H. The van der Waals surface area contributed by atoms with E-state index < -0.39 is 32.5 Å². The Hall–Kier alpha value is -2.31. The van der Waals surface area contributed by atoms with Crippen molar-refractivity contribution < 1.29 is 18.1 Å². The topological polar surface area (TPSA) is 84.8 Å². The zero-order chi connectivity index (χ0) is 16.7. The normalized spacial score (nSPS) is 11.3. The summed E-state index contributed by atoms with van der Waals surface area (Å²) in [6.07, 6.45) is -3.70. The molecule has 2 aromatic rings. The second-order valence-corrected chi connectivity index (χ2v) is 4.78. The lowest BCUT2D eigenvalue weighted by molar-refractivity contribution is -0.390. The van der Waals surface area contributed by atoms with E-state index in [1.807, 2.05) is 0 Å². The van der Waals surface area contributed by atoms with Crippen LogP contribution in [-0.2, 0) is 6.18 Å². The van der Waals surface area contributed by atoms with E-state index in [2.05, 4.69) is 5.10 Å². The van der Waals surface area contributed by atoms with E-state index in [1.54, 1.807) is 6.07 Å². The zero-order valence-corrected chi connectivity index (χ0v) is 11.7. The molecule has 0 aliphatic heterocycles. The van der Waals surface area contributed by atoms with E-state index in [-0.39, 0.29) is 11.3 Å². The highest BCUT2D eigenvalue weighted by Crippen LogP contribution is 2.37. The molecule has 6 nitrogen and oxygen atoms in total. The van der Waals surface area contributed by atoms with E-state index in [1.165, 1.54) is 0 Å². The van der Waals surface area contributed by atoms with Crippen LogP contribution < -0.4 is 0 Å². The molecule has 1 aromatic carbocycles. The van der Waals surface area contributed by atoms with Gasteiger partial charge in [0.1, 0.15) is 11.8 Å². The lowest BCUT2D eigenvalue weighted by Gasteiger charge is -2.10. The van der Waals surface area contributed by atoms with Crippen molar-refractivity contribution in [1.29, 1.82) is 5.26 Å². The number of nitriles is 1. The van der Waals surface area contributed by atoms with Crippen LogP contribution >= 0.6 is 23.2 Å². The van der Waals surface area contributed by atoms with E-state index >= 15 is 0 Å². The van der Waals surface area contributed by atoms with Crippen molar-refractivity contribution in [2.75, 3.05) is 0 Å². The summed E-state index contributed by atoms with van der Waals surface area (Å²) in [4.78, 5) is 9.84. The van der Waals surface area contributed by atoms with Crippen LogP contribution in [0.1, 0.15) is 11.1 Å². The fraction of sp³-hybridized carbons (Fsp3) is 0.0909. The Balaban J connectivity index is 2.64. The fourth-order valence-electron chi connectivity index (χ4n) is 1.64. The fourth-order valence-corrected chi connectivity index (χ4v) is 2.30. The van der Waals surface area contributed by atoms with Crippen molar-refractivity contribution >= 4 is 29.0 Å². The van der Waals surface area contributed by atoms with Gasteiger partial charge >= 0.3 is 12.0 Å². The van der Waals surface area contributed by atoms with E-state index in [0.717, 1.165) is 10.9 Å². The van der Waals surface area contributed by atoms with Crippen LogP contribution in [0.25, 0.3) is 5.69 Å². The summed E-state index contributed by atoms with van der Waals surface area (Å²) in [7, 11) is 0. The number of hydrogen-bond donors (Lipinski definition) is 0. The van der Waals surface area contributed by atoms with Crippen molar-refractivity contribution in [3.8, 4) is 11.8 Å². The Labute approximate surface area is 130 Å². The smallest absolute Gasteiger partial charge is 0.358 e. The number of nitro groups is 1. The molecule has 0 unspecified atom stereocenters. The van der Waals surface area contributed by atoms with Gasteiger partial charge in [0.05, 0.1) is 26.9 Å². The first-order valence-electron chi connectivity index (χ1n) is 5.36. The molecule has 0 spiro atoms. The van der Waals surface area contributed by atoms with Gasteiger partial charge in [-0.25, -0.2) is 0 Å². The summed E-state index contributed by atoms with van der Waals surface area (Å²) in [6, 6.07) is 2.78. The third-order valence-electron chi connectivity index (χ3n) is 2.56. The maximum absolute atomic E-state index is 12.6. The van der Waals surface area contributed by atoms with Crippen LogP contribution in [0, 0.1) is 21.4 Å². The highest BCUT2D eigenvalue weighted by Gasteiger charge is 2.33. The molecular weight excluding hydrogens is 348 g/mol. The number of benzene rings is 1. The van der Waals surface area contributed by atoms with Gasteiger partial charge in [0.25, 0.3) is 0 Å². The molecule has 0 fully saturated rings. The molecule has 0 atom stereocenters. The number of aromatic nitrogens is 2. The van der Waals surface area contributed by atoms with Gasteiger partial charge in [0.15, 0.2) is 5.56 Å². The van der Waals surface area contributed by atoms with Crippen molar-refractivity contribution in [1.82, 2.24) is 9.78 Å². The minimum Gasteiger partial charge on any atom is -0.358 e. The Bertz CT molecular complexity index is 788. The third-order valence-corrected chi connectivity index (χ3v) is 3.14. The molecule has 0 aliphatic rings. The summed E-state index contributed by atoms with van der Waals surface area (Å²) in [6.45, 7) is 0. The van der Waals surface area contributed by atoms with Crippen LogP contribution in [0.3, 0.4) is 0 Å². The molecular formula is C11H3Cl2F3N4O2. The van der Waals surface area contributed by atoms with Gasteiger partial charge in [-0.2, -0.15) is 18.4 Å². The Morgan fingerprint density at radius 2 is 1.86 bits per heavy atom. The quantitative estimate of drug-likeness (QED) is 0.605. The van der Waals surface area contributed by atoms with E-state index in [4.69, 9.17) is 28.5 Å². The summed E-state index contributed by atoms with van der Waals surface area (Å²) in [5, 5.41) is 22.2. The van der Waals surface area contributed by atoms with Crippen LogP contribution in [0.5, 0.6) is 0 Å². The largest absolute Gasteiger partial charge is 0.416 e. The minimum absolute atomic E-state index is 0.194. The predicted molar refractivity (Wildman–Crippen MR) is 70.0 cm³/mol. The van der Waals surface area contributed by atoms with Crippen molar-refractivity contribution in [3.63, 3.8) is 0 Å². The van der Waals surface area contributed by atoms with Crippen LogP contribution in [0.15, 0.2) is 18.3 Å². The second-order valence-electron chi connectivity index (χ2n) is 3.97. The molecule has 0 saturated carbocycles. The molecule has 22 heavy (non-hydrogen) atoms. The predicted octanol–water partition coefficient (Wildman–Crippen LogP) is 3.98. The van der Waals surface area contributed by atoms with Crippen molar-refractivity contribution in [2.24, 2.45) is 0 Å². The first-order valence-corrected chi connectivity index (χ1v) is 6.11. The van der Waals surface area contributed by atoms with Gasteiger partial charge in [0, 0.05) is 0 Å². The molecule has 114 valence electrons. The first-order chi connectivity index (χ1) is 10.1. The van der Waals surface area contributed by atoms with E-state index in [0.29, 0.717) is 12.1 Å². The molecule has 0 saturated heterocycles. The lowest BCUT2D eigenvalue weighted by Crippen LogP contribution is -2.07. The first kappa shape index (κ1) is 16.1. The molecule has 11 heteroatoms. The molecule has 0 aliphatic carbocycles. The molecule has 0 N–H and O–H groups in total. The Morgan fingerprint density at radius 1 is 1.32 bits per heavy atom. The van der Waals surface area contributed by atoms with Gasteiger partial charge in [-0.3, -0.25) is 0 Å². The number of halogens is 5. The highest BCUT2D eigenvalue weighted by molar-refractivity contribution is 6.37. The van der Waals surface area contributed by atoms with Gasteiger partial charge in [-0.15, -0.1) is 4.68 Å². The van der Waals surface area contributed by atoms with Crippen LogP contribution in [0.4, 0.5) is 19.0 Å². The average Bonchev–Trinajstić information content (AvgIpc) is 2.80. The Morgan fingerprint density at radius 3 is 2.23 bits per heavy atom. The number of rotatable bonds is 2. The maximum Gasteiger partial charge on any atom is 0.416 e. The van der Waals surface area contributed by atoms with Gasteiger partial charge in [-0.1, -0.05) is 23.2 Å². The third kappa shape index (κ3) is 2.84. The van der Waals surface area contributed by atoms with Gasteiger partial charge < -0.3 is 10.1 Å². The lowest BCUT2D eigenvalue weighted by atomic mass is 10.2. The molecule has 1 heterocycles. The second kappa shape index (κ2) is 5.47. The minimum atomic E-state index is -4.65. The summed E-state index contributed by atoms with van der Waals surface area (Å²) >= 11 is 11.5. The summed E-state index contributed by atoms with van der Waals surface area (Å²) in [5.41, 5.74) is -1.65. The number of nitrogens with zero attached hydrogens (tertiary/aromatic N) is 4. The maximum atomic E-state index is 12.6. The molecule has 0 bridgehead atoms. The van der Waals surface area contributed by atoms with Gasteiger partial charge in [0.2, 0.25) is 0 Å². The monoisotopic (exact) mass is 350 g/mol. The molecule has 1 aromatic heterocycles. The molecule has 0 radical (unpaired) electrons. The number of alkyl halides is 3. The van der Waals surface area contributed by atoms with E-state index in [9.17, 15) is 23.3 Å². The zero-order valence-electron chi connectivity index (χ0n) is 10.2. The van der Waals surface area contributed by atoms with Gasteiger partial charge in [-0.05, 0) is 17.1 Å².